The van der Waals surface area contributed by atoms with Crippen molar-refractivity contribution in [1.82, 2.24) is 9.80 Å². The molecule has 6 heteroatoms. The summed E-state index contributed by atoms with van der Waals surface area (Å²) in [5, 5.41) is 0. The van der Waals surface area contributed by atoms with E-state index < -0.39 is 0 Å². The first-order chi connectivity index (χ1) is 17.3. The number of fused-ring (bicyclic) bond motifs is 2. The van der Waals surface area contributed by atoms with Crippen LogP contribution in [-0.4, -0.2) is 53.6 Å². The fourth-order valence-electron chi connectivity index (χ4n) is 5.10. The van der Waals surface area contributed by atoms with E-state index in [4.69, 9.17) is 5.73 Å². The topological polar surface area (TPSA) is 79.0 Å². The predicted octanol–water partition coefficient (Wildman–Crippen LogP) is 5.43. The highest BCUT2D eigenvalue weighted by Crippen LogP contribution is 2.33. The van der Waals surface area contributed by atoms with E-state index in [1.807, 2.05) is 40.1 Å². The van der Waals surface area contributed by atoms with Crippen molar-refractivity contribution in [1.29, 1.82) is 0 Å². The van der Waals surface area contributed by atoms with Crippen LogP contribution >= 0.6 is 0 Å². The van der Waals surface area contributed by atoms with Crippen LogP contribution in [0.5, 0.6) is 0 Å². The number of hydrogen-bond acceptors (Lipinski definition) is 4. The Kier molecular flexibility index (Phi) is 7.92. The van der Waals surface area contributed by atoms with Gasteiger partial charge in [-0.3, -0.25) is 9.59 Å². The molecular weight excluding hydrogens is 448 g/mol. The summed E-state index contributed by atoms with van der Waals surface area (Å²) in [7, 11) is 0. The maximum atomic E-state index is 13.2. The molecule has 4 rings (SSSR count). The van der Waals surface area contributed by atoms with Gasteiger partial charge in [0.25, 0.3) is 5.91 Å². The van der Waals surface area contributed by atoms with E-state index in [1.54, 1.807) is 0 Å². The third-order valence-electron chi connectivity index (χ3n) is 6.74. The van der Waals surface area contributed by atoms with Crippen LogP contribution in [0.2, 0.25) is 0 Å². The molecule has 190 valence electrons. The Labute approximate surface area is 214 Å². The molecule has 2 amide bonds. The number of benzene rings is 2. The maximum Gasteiger partial charge on any atom is 0.254 e. The van der Waals surface area contributed by atoms with Gasteiger partial charge < -0.3 is 15.5 Å². The molecule has 0 atom stereocenters. The molecule has 0 spiro atoms. The van der Waals surface area contributed by atoms with Crippen molar-refractivity contribution >= 4 is 29.4 Å². The molecule has 0 bridgehead atoms. The number of amides is 2. The summed E-state index contributed by atoms with van der Waals surface area (Å²) in [4.78, 5) is 34.7. The molecule has 0 radical (unpaired) electrons. The molecule has 2 aromatic carbocycles. The molecule has 2 N–H and O–H groups in total. The zero-order valence-corrected chi connectivity index (χ0v) is 22.0. The third kappa shape index (κ3) is 5.53. The minimum Gasteiger partial charge on any atom is -0.387 e. The number of hydrogen-bond donors (Lipinski definition) is 1. The Bertz CT molecular complexity index is 1210. The lowest BCUT2D eigenvalue weighted by Crippen LogP contribution is -2.39. The highest BCUT2D eigenvalue weighted by Gasteiger charge is 2.25. The van der Waals surface area contributed by atoms with Crippen molar-refractivity contribution in [3.8, 4) is 11.1 Å². The van der Waals surface area contributed by atoms with Crippen molar-refractivity contribution in [3.63, 3.8) is 0 Å². The van der Waals surface area contributed by atoms with Gasteiger partial charge in [-0.25, -0.2) is 4.99 Å². The van der Waals surface area contributed by atoms with E-state index in [-0.39, 0.29) is 11.8 Å². The Morgan fingerprint density at radius 3 is 2.47 bits per heavy atom. The number of nitrogens with two attached hydrogens (primary N) is 1. The first kappa shape index (κ1) is 25.7. The van der Waals surface area contributed by atoms with E-state index in [2.05, 4.69) is 44.8 Å². The minimum atomic E-state index is 0.0413. The molecule has 0 unspecified atom stereocenters. The predicted molar refractivity (Wildman–Crippen MR) is 147 cm³/mol. The number of amidine groups is 1. The second-order valence-corrected chi connectivity index (χ2v) is 10.3. The van der Waals surface area contributed by atoms with E-state index in [9.17, 15) is 9.59 Å². The van der Waals surface area contributed by atoms with Crippen LogP contribution in [0, 0.1) is 5.92 Å². The maximum absolute atomic E-state index is 13.2. The average Bonchev–Trinajstić information content (AvgIpc) is 3.02. The summed E-state index contributed by atoms with van der Waals surface area (Å²) in [6.45, 7) is 11.5. The fourth-order valence-corrected chi connectivity index (χ4v) is 5.10. The first-order valence-corrected chi connectivity index (χ1v) is 13.2. The summed E-state index contributed by atoms with van der Waals surface area (Å²) in [5.74, 6) is 1.06. The van der Waals surface area contributed by atoms with Crippen LogP contribution in [0.15, 0.2) is 47.0 Å². The van der Waals surface area contributed by atoms with Gasteiger partial charge in [-0.15, -0.1) is 0 Å². The van der Waals surface area contributed by atoms with Gasteiger partial charge in [0, 0.05) is 49.3 Å². The summed E-state index contributed by atoms with van der Waals surface area (Å²) in [6.07, 6.45) is 4.99. The van der Waals surface area contributed by atoms with Gasteiger partial charge in [0.1, 0.15) is 5.84 Å². The Balaban J connectivity index is 1.63. The van der Waals surface area contributed by atoms with Gasteiger partial charge in [0.05, 0.1) is 5.69 Å². The summed E-state index contributed by atoms with van der Waals surface area (Å²) in [6, 6.07) is 12.2. The Morgan fingerprint density at radius 2 is 1.78 bits per heavy atom. The van der Waals surface area contributed by atoms with Gasteiger partial charge >= 0.3 is 0 Å². The molecule has 0 saturated carbocycles. The van der Waals surface area contributed by atoms with Crippen LogP contribution in [0.4, 0.5) is 5.69 Å². The van der Waals surface area contributed by atoms with Crippen LogP contribution < -0.4 is 5.73 Å². The molecule has 0 fully saturated rings. The van der Waals surface area contributed by atoms with E-state index >= 15 is 0 Å². The highest BCUT2D eigenvalue weighted by molar-refractivity contribution is 6.05. The lowest BCUT2D eigenvalue weighted by molar-refractivity contribution is -0.127. The number of carbonyl (C=O) groups excluding carboxylic acids is 2. The zero-order chi connectivity index (χ0) is 25.8. The molecule has 0 aliphatic carbocycles. The van der Waals surface area contributed by atoms with Gasteiger partial charge in [0.2, 0.25) is 5.91 Å². The lowest BCUT2D eigenvalue weighted by atomic mass is 9.93. The summed E-state index contributed by atoms with van der Waals surface area (Å²) >= 11 is 0. The monoisotopic (exact) mass is 486 g/mol. The van der Waals surface area contributed by atoms with Gasteiger partial charge in [-0.05, 0) is 60.1 Å². The average molecular weight is 487 g/mol. The molecular formula is C30H38N4O2. The van der Waals surface area contributed by atoms with Crippen LogP contribution in [0.25, 0.3) is 17.2 Å². The van der Waals surface area contributed by atoms with Crippen molar-refractivity contribution in [2.45, 2.75) is 53.4 Å². The van der Waals surface area contributed by atoms with Crippen molar-refractivity contribution in [2.75, 3.05) is 26.2 Å². The van der Waals surface area contributed by atoms with E-state index in [1.165, 1.54) is 0 Å². The van der Waals surface area contributed by atoms with Crippen molar-refractivity contribution < 1.29 is 9.59 Å². The quantitative estimate of drug-likeness (QED) is 0.540. The third-order valence-corrected chi connectivity index (χ3v) is 6.74. The minimum absolute atomic E-state index is 0.0413. The standard InChI is InChI=1S/C30H38N4O2/c1-5-12-33(13-6-2)29(35)25-16-24-8-7-22(17-27(24)32-28(31)18-25)21-9-10-26-23(15-21)11-14-34(30(26)36)19-20(3)4/h7-10,15-17,20H,5-6,11-14,18-19H2,1-4H3,(H2,31,32). The van der Waals surface area contributed by atoms with Gasteiger partial charge in [0.15, 0.2) is 0 Å². The molecule has 2 heterocycles. The highest BCUT2D eigenvalue weighted by atomic mass is 16.2. The second kappa shape index (κ2) is 11.1. The molecule has 2 aromatic rings. The van der Waals surface area contributed by atoms with E-state index in [0.717, 1.165) is 78.9 Å². The summed E-state index contributed by atoms with van der Waals surface area (Å²) < 4.78 is 0. The van der Waals surface area contributed by atoms with Crippen LogP contribution in [0.1, 0.15) is 68.4 Å². The molecule has 0 saturated heterocycles. The SMILES string of the molecule is CCCN(CCC)C(=O)C1=Cc2ccc(-c3ccc4c(c3)CCN(CC(C)C)C4=O)cc2N=C(N)C1. The smallest absolute Gasteiger partial charge is 0.254 e. The second-order valence-electron chi connectivity index (χ2n) is 10.3. The number of nitrogens with zero attached hydrogens (tertiary/aromatic N) is 3. The first-order valence-electron chi connectivity index (χ1n) is 13.2. The van der Waals surface area contributed by atoms with Crippen molar-refractivity contribution in [2.24, 2.45) is 16.6 Å². The molecule has 36 heavy (non-hydrogen) atoms. The van der Waals surface area contributed by atoms with Crippen molar-refractivity contribution in [3.05, 3.63) is 58.7 Å². The number of carbonyl (C=O) groups is 2. The van der Waals surface area contributed by atoms with Crippen LogP contribution in [0.3, 0.4) is 0 Å². The van der Waals surface area contributed by atoms with E-state index in [0.29, 0.717) is 23.7 Å². The fraction of sp³-hybridized carbons (Fsp3) is 0.433. The molecule has 0 aromatic heterocycles. The molecule has 2 aliphatic rings. The lowest BCUT2D eigenvalue weighted by Gasteiger charge is -2.30. The number of rotatable bonds is 8. The Morgan fingerprint density at radius 1 is 1.08 bits per heavy atom. The zero-order valence-electron chi connectivity index (χ0n) is 22.0. The van der Waals surface area contributed by atoms with Crippen LogP contribution in [-0.2, 0) is 11.2 Å². The van der Waals surface area contributed by atoms with Gasteiger partial charge in [-0.1, -0.05) is 52.0 Å². The normalized spacial score (nSPS) is 15.1. The molecule has 2 aliphatic heterocycles. The summed E-state index contributed by atoms with van der Waals surface area (Å²) in [5.41, 5.74) is 12.6. The largest absolute Gasteiger partial charge is 0.387 e. The Hall–Kier alpha value is -3.41. The number of aliphatic imine (C=N–C) groups is 1. The molecule has 6 nitrogen and oxygen atoms in total. The van der Waals surface area contributed by atoms with Gasteiger partial charge in [-0.2, -0.15) is 0 Å².